The molecular weight excluding hydrogens is 326 g/mol. The van der Waals surface area contributed by atoms with Gasteiger partial charge in [-0.25, -0.2) is 0 Å². The molecule has 1 amide bonds. The smallest absolute Gasteiger partial charge is 0.322 e. The van der Waals surface area contributed by atoms with E-state index in [1.54, 1.807) is 25.3 Å². The predicted octanol–water partition coefficient (Wildman–Crippen LogP) is 2.97. The second-order valence-corrected chi connectivity index (χ2v) is 5.37. The van der Waals surface area contributed by atoms with Crippen molar-refractivity contribution in [1.29, 1.82) is 0 Å². The summed E-state index contributed by atoms with van der Waals surface area (Å²) in [6.07, 6.45) is 2.13. The SMILES string of the molecule is COc1ccc(Br)c(C(=O)Nc2nnc(C3CC3)o2)c1. The molecular formula is C13H12BrN3O3. The van der Waals surface area contributed by atoms with Gasteiger partial charge in [0, 0.05) is 10.4 Å². The van der Waals surface area contributed by atoms with Crippen LogP contribution in [0.25, 0.3) is 0 Å². The quantitative estimate of drug-likeness (QED) is 0.927. The molecule has 1 fully saturated rings. The number of carbonyl (C=O) groups excluding carboxylic acids is 1. The lowest BCUT2D eigenvalue weighted by molar-refractivity contribution is 0.102. The summed E-state index contributed by atoms with van der Waals surface area (Å²) in [5.41, 5.74) is 0.440. The summed E-state index contributed by atoms with van der Waals surface area (Å²) >= 11 is 3.33. The number of ether oxygens (including phenoxy) is 1. The molecule has 0 radical (unpaired) electrons. The van der Waals surface area contributed by atoms with Gasteiger partial charge in [-0.1, -0.05) is 5.10 Å². The summed E-state index contributed by atoms with van der Waals surface area (Å²) in [4.78, 5) is 12.2. The topological polar surface area (TPSA) is 77.2 Å². The standard InChI is InChI=1S/C13H12BrN3O3/c1-19-8-4-5-10(14)9(6-8)11(18)15-13-17-16-12(20-13)7-2-3-7/h4-7H,2-3H2,1H3,(H,15,17,18). The van der Waals surface area contributed by atoms with Crippen LogP contribution in [0.3, 0.4) is 0 Å². The number of nitrogens with one attached hydrogen (secondary N) is 1. The summed E-state index contributed by atoms with van der Waals surface area (Å²) in [6, 6.07) is 5.26. The van der Waals surface area contributed by atoms with Crippen molar-refractivity contribution < 1.29 is 13.9 Å². The van der Waals surface area contributed by atoms with Crippen LogP contribution in [-0.2, 0) is 0 Å². The molecule has 1 saturated carbocycles. The minimum atomic E-state index is -0.332. The lowest BCUT2D eigenvalue weighted by Gasteiger charge is -2.06. The molecule has 20 heavy (non-hydrogen) atoms. The van der Waals surface area contributed by atoms with Gasteiger partial charge in [-0.2, -0.15) is 0 Å². The normalized spacial score (nSPS) is 14.1. The highest BCUT2D eigenvalue weighted by Gasteiger charge is 2.29. The Kier molecular flexibility index (Phi) is 3.43. The Hall–Kier alpha value is -1.89. The van der Waals surface area contributed by atoms with Crippen LogP contribution in [-0.4, -0.2) is 23.2 Å². The second kappa shape index (κ2) is 5.24. The molecule has 1 aromatic carbocycles. The van der Waals surface area contributed by atoms with Crippen LogP contribution in [0.4, 0.5) is 6.01 Å². The molecule has 104 valence electrons. The Balaban J connectivity index is 1.77. The number of halogens is 1. The molecule has 7 heteroatoms. The average Bonchev–Trinajstić information content (AvgIpc) is 3.20. The summed E-state index contributed by atoms with van der Waals surface area (Å²) < 4.78 is 11.2. The number of amides is 1. The van der Waals surface area contributed by atoms with Crippen molar-refractivity contribution in [2.24, 2.45) is 0 Å². The van der Waals surface area contributed by atoms with Gasteiger partial charge in [0.05, 0.1) is 12.7 Å². The maximum Gasteiger partial charge on any atom is 0.322 e. The largest absolute Gasteiger partial charge is 0.497 e. The van der Waals surface area contributed by atoms with E-state index in [2.05, 4.69) is 31.4 Å². The van der Waals surface area contributed by atoms with Gasteiger partial charge in [0.25, 0.3) is 5.91 Å². The molecule has 1 N–H and O–H groups in total. The van der Waals surface area contributed by atoms with Gasteiger partial charge in [-0.3, -0.25) is 10.1 Å². The molecule has 1 heterocycles. The lowest BCUT2D eigenvalue weighted by atomic mass is 10.2. The van der Waals surface area contributed by atoms with Crippen molar-refractivity contribution in [1.82, 2.24) is 10.2 Å². The van der Waals surface area contributed by atoms with Crippen molar-refractivity contribution in [3.63, 3.8) is 0 Å². The van der Waals surface area contributed by atoms with E-state index in [1.807, 2.05) is 0 Å². The zero-order chi connectivity index (χ0) is 14.1. The highest BCUT2D eigenvalue weighted by Crippen LogP contribution is 2.39. The summed E-state index contributed by atoms with van der Waals surface area (Å²) in [7, 11) is 1.55. The second-order valence-electron chi connectivity index (χ2n) is 4.52. The molecule has 1 aliphatic carbocycles. The maximum absolute atomic E-state index is 12.2. The van der Waals surface area contributed by atoms with Crippen molar-refractivity contribution in [2.45, 2.75) is 18.8 Å². The van der Waals surface area contributed by atoms with Gasteiger partial charge in [0.15, 0.2) is 0 Å². The van der Waals surface area contributed by atoms with Gasteiger partial charge in [-0.05, 0) is 47.0 Å². The van der Waals surface area contributed by atoms with Gasteiger partial charge in [0.1, 0.15) is 5.75 Å². The van der Waals surface area contributed by atoms with Gasteiger partial charge in [-0.15, -0.1) is 5.10 Å². The molecule has 2 aromatic rings. The average molecular weight is 338 g/mol. The Morgan fingerprint density at radius 1 is 1.45 bits per heavy atom. The van der Waals surface area contributed by atoms with Crippen molar-refractivity contribution in [3.05, 3.63) is 34.1 Å². The fraction of sp³-hybridized carbons (Fsp3) is 0.308. The number of aromatic nitrogens is 2. The molecule has 1 aromatic heterocycles. The molecule has 1 aliphatic rings. The number of hydrogen-bond donors (Lipinski definition) is 1. The minimum Gasteiger partial charge on any atom is -0.497 e. The van der Waals surface area contributed by atoms with E-state index in [1.165, 1.54) is 0 Å². The number of methoxy groups -OCH3 is 1. The van der Waals surface area contributed by atoms with Crippen molar-refractivity contribution in [3.8, 4) is 5.75 Å². The van der Waals surface area contributed by atoms with Crippen LogP contribution in [0.15, 0.2) is 27.1 Å². The number of nitrogens with zero attached hydrogens (tertiary/aromatic N) is 2. The third kappa shape index (κ3) is 2.67. The van der Waals surface area contributed by atoms with Crippen LogP contribution in [0.5, 0.6) is 5.75 Å². The first-order valence-electron chi connectivity index (χ1n) is 6.15. The Bertz CT molecular complexity index is 652. The monoisotopic (exact) mass is 337 g/mol. The van der Waals surface area contributed by atoms with Crippen molar-refractivity contribution in [2.75, 3.05) is 12.4 Å². The Morgan fingerprint density at radius 3 is 2.95 bits per heavy atom. The van der Waals surface area contributed by atoms with Crippen LogP contribution in [0, 0.1) is 0 Å². The number of rotatable bonds is 4. The third-order valence-electron chi connectivity index (χ3n) is 3.01. The first kappa shape index (κ1) is 13.1. The minimum absolute atomic E-state index is 0.117. The zero-order valence-electron chi connectivity index (χ0n) is 10.7. The Morgan fingerprint density at radius 2 is 2.25 bits per heavy atom. The molecule has 0 atom stereocenters. The molecule has 6 nitrogen and oxygen atoms in total. The van der Waals surface area contributed by atoms with Crippen LogP contribution in [0.2, 0.25) is 0 Å². The van der Waals surface area contributed by atoms with E-state index >= 15 is 0 Å². The molecule has 0 aliphatic heterocycles. The molecule has 0 spiro atoms. The fourth-order valence-corrected chi connectivity index (χ4v) is 2.18. The van der Waals surface area contributed by atoms with E-state index in [0.717, 1.165) is 12.8 Å². The molecule has 0 saturated heterocycles. The number of hydrogen-bond acceptors (Lipinski definition) is 5. The predicted molar refractivity (Wildman–Crippen MR) is 74.9 cm³/mol. The lowest BCUT2D eigenvalue weighted by Crippen LogP contribution is -2.13. The molecule has 0 bridgehead atoms. The van der Waals surface area contributed by atoms with Gasteiger partial charge >= 0.3 is 6.01 Å². The van der Waals surface area contributed by atoms with E-state index in [-0.39, 0.29) is 11.9 Å². The van der Waals surface area contributed by atoms with Gasteiger partial charge in [0.2, 0.25) is 5.89 Å². The van der Waals surface area contributed by atoms with Gasteiger partial charge < -0.3 is 9.15 Å². The van der Waals surface area contributed by atoms with Crippen LogP contribution >= 0.6 is 15.9 Å². The summed E-state index contributed by atoms with van der Waals surface area (Å²) in [5.74, 6) is 1.21. The fourth-order valence-electron chi connectivity index (χ4n) is 1.75. The van der Waals surface area contributed by atoms with E-state index in [9.17, 15) is 4.79 Å². The van der Waals surface area contributed by atoms with E-state index < -0.39 is 0 Å². The van der Waals surface area contributed by atoms with Crippen molar-refractivity contribution >= 4 is 27.9 Å². The summed E-state index contributed by atoms with van der Waals surface area (Å²) in [5, 5.41) is 10.3. The first-order chi connectivity index (χ1) is 9.67. The number of benzene rings is 1. The summed E-state index contributed by atoms with van der Waals surface area (Å²) in [6.45, 7) is 0. The number of carbonyl (C=O) groups is 1. The highest BCUT2D eigenvalue weighted by molar-refractivity contribution is 9.10. The van der Waals surface area contributed by atoms with Crippen LogP contribution < -0.4 is 10.1 Å². The van der Waals surface area contributed by atoms with E-state index in [0.29, 0.717) is 27.6 Å². The molecule has 3 rings (SSSR count). The third-order valence-corrected chi connectivity index (χ3v) is 3.70. The first-order valence-corrected chi connectivity index (χ1v) is 6.95. The zero-order valence-corrected chi connectivity index (χ0v) is 12.3. The number of anilines is 1. The van der Waals surface area contributed by atoms with Crippen LogP contribution in [0.1, 0.15) is 35.0 Å². The Labute approximate surface area is 123 Å². The maximum atomic E-state index is 12.2. The van der Waals surface area contributed by atoms with E-state index in [4.69, 9.17) is 9.15 Å². The molecule has 0 unspecified atom stereocenters. The highest BCUT2D eigenvalue weighted by atomic mass is 79.9.